The molecule has 4 aromatic carbocycles. The van der Waals surface area contributed by atoms with E-state index in [1.54, 1.807) is 41.3 Å². The molecule has 1 unspecified atom stereocenters. The summed E-state index contributed by atoms with van der Waals surface area (Å²) in [4.78, 5) is 37.2. The summed E-state index contributed by atoms with van der Waals surface area (Å²) in [5.41, 5.74) is 3.81. The highest BCUT2D eigenvalue weighted by molar-refractivity contribution is 7.90. The van der Waals surface area contributed by atoms with Gasteiger partial charge in [0, 0.05) is 69.0 Å². The van der Waals surface area contributed by atoms with Crippen LogP contribution in [-0.4, -0.2) is 118 Å². The number of morpholine rings is 1. The predicted molar refractivity (Wildman–Crippen MR) is 250 cm³/mol. The van der Waals surface area contributed by atoms with Gasteiger partial charge in [0.15, 0.2) is 17.2 Å². The van der Waals surface area contributed by atoms with E-state index in [1.165, 1.54) is 40.0 Å². The monoisotopic (exact) mass is 946 g/mol. The topological polar surface area (TPSA) is 209 Å². The first-order chi connectivity index (χ1) is 31.0. The molecule has 8 rings (SSSR count). The third-order valence-electron chi connectivity index (χ3n) is 12.1. The van der Waals surface area contributed by atoms with Crippen molar-refractivity contribution < 1.29 is 36.0 Å². The highest BCUT2D eigenvalue weighted by Crippen LogP contribution is 2.49. The van der Waals surface area contributed by atoms with Gasteiger partial charge in [-0.25, -0.2) is 26.5 Å². The minimum absolute atomic E-state index is 0.0249. The Balaban J connectivity index is 1.20. The molecule has 2 fully saturated rings. The van der Waals surface area contributed by atoms with E-state index in [4.69, 9.17) is 21.1 Å². The van der Waals surface area contributed by atoms with Crippen molar-refractivity contribution in [2.24, 2.45) is 5.41 Å². The Morgan fingerprint density at radius 3 is 2.45 bits per heavy atom. The second-order valence-corrected chi connectivity index (χ2v) is 21.4. The third kappa shape index (κ3) is 10.5. The van der Waals surface area contributed by atoms with Gasteiger partial charge in [0.05, 0.1) is 35.7 Å². The molecule has 1 aliphatic carbocycles. The van der Waals surface area contributed by atoms with Gasteiger partial charge in [-0.15, -0.1) is 0 Å². The number of halogens is 1. The average Bonchev–Trinajstić information content (AvgIpc) is 3.77. The number of fused-ring (bicyclic) bond motifs is 1. The second-order valence-electron chi connectivity index (χ2n) is 17.3. The third-order valence-corrected chi connectivity index (χ3v) is 15.0. The number of amides is 1. The maximum absolute atomic E-state index is 14.7. The molecule has 0 saturated carbocycles. The number of para-hydroxylation sites is 1. The molecule has 0 bridgehead atoms. The molecule has 20 heteroatoms. The first kappa shape index (κ1) is 46.0. The standard InChI is InChI=1S/C45H51ClN8O9S2/c1-45(2)17-16-32(35(25-45)30-12-14-33(46)15-13-30)27-51-18-20-52(21-19-51)42-39(65(60,61)50-44(55)31-8-5-4-6-9-31)24-38(63-37-11-7-10-36-40(37)49-29-48-36)41(43(42)54(56)57)47-26-34-28-53(22-23-62-34)64(3,58)59/h4-15,24,29,34,47H,16-23,25-28H2,1-3H3,(H,48,49)(H,50,55). The fourth-order valence-corrected chi connectivity index (χ4v) is 10.9. The number of benzene rings is 4. The molecule has 3 aliphatic rings. The van der Waals surface area contributed by atoms with E-state index in [0.29, 0.717) is 35.7 Å². The normalized spacial score (nSPS) is 18.7. The van der Waals surface area contributed by atoms with Crippen LogP contribution in [0, 0.1) is 15.5 Å². The second kappa shape index (κ2) is 18.7. The number of nitro groups is 1. The zero-order valence-electron chi connectivity index (χ0n) is 36.3. The number of ether oxygens (including phenoxy) is 2. The number of carbonyl (C=O) groups is 1. The van der Waals surface area contributed by atoms with Crippen LogP contribution in [0.2, 0.25) is 5.02 Å². The quantitative estimate of drug-likeness (QED) is 0.0766. The Hall–Kier alpha value is -5.57. The molecule has 3 heterocycles. The molecule has 65 heavy (non-hydrogen) atoms. The van der Waals surface area contributed by atoms with Crippen LogP contribution in [0.15, 0.2) is 95.7 Å². The Bertz CT molecular complexity index is 2850. The molecule has 2 saturated heterocycles. The van der Waals surface area contributed by atoms with E-state index in [2.05, 4.69) is 38.8 Å². The number of nitrogens with zero attached hydrogens (tertiary/aromatic N) is 5. The van der Waals surface area contributed by atoms with Gasteiger partial charge in [0.25, 0.3) is 15.9 Å². The molecule has 1 aromatic heterocycles. The number of aromatic nitrogens is 2. The predicted octanol–water partition coefficient (Wildman–Crippen LogP) is 6.89. The fraction of sp³-hybridized carbons (Fsp3) is 0.378. The van der Waals surface area contributed by atoms with Gasteiger partial charge < -0.3 is 24.7 Å². The van der Waals surface area contributed by atoms with E-state index in [-0.39, 0.29) is 73.2 Å². The van der Waals surface area contributed by atoms with Crippen LogP contribution >= 0.6 is 11.6 Å². The first-order valence-electron chi connectivity index (χ1n) is 21.3. The zero-order valence-corrected chi connectivity index (χ0v) is 38.6. The molecular weight excluding hydrogens is 896 g/mol. The Labute approximate surface area is 383 Å². The number of allylic oxidation sites excluding steroid dienone is 1. The van der Waals surface area contributed by atoms with Gasteiger partial charge in [0.2, 0.25) is 10.0 Å². The van der Waals surface area contributed by atoms with Gasteiger partial charge in [-0.2, -0.15) is 4.31 Å². The maximum Gasteiger partial charge on any atom is 0.320 e. The molecule has 5 aromatic rings. The fourth-order valence-electron chi connectivity index (χ4n) is 8.71. The molecule has 17 nitrogen and oxygen atoms in total. The number of carbonyl (C=O) groups excluding carboxylic acids is 1. The summed E-state index contributed by atoms with van der Waals surface area (Å²) in [5, 5.41) is 17.4. The minimum atomic E-state index is -4.86. The Morgan fingerprint density at radius 2 is 1.74 bits per heavy atom. The summed E-state index contributed by atoms with van der Waals surface area (Å²) >= 11 is 6.26. The number of nitrogens with one attached hydrogen (secondary N) is 3. The van der Waals surface area contributed by atoms with Crippen LogP contribution < -0.4 is 19.7 Å². The lowest BCUT2D eigenvalue weighted by Gasteiger charge is -2.39. The highest BCUT2D eigenvalue weighted by atomic mass is 35.5. The lowest BCUT2D eigenvalue weighted by atomic mass is 9.72. The summed E-state index contributed by atoms with van der Waals surface area (Å²) in [6.45, 7) is 6.57. The van der Waals surface area contributed by atoms with Gasteiger partial charge in [-0.1, -0.05) is 67.4 Å². The summed E-state index contributed by atoms with van der Waals surface area (Å²) in [6, 6.07) is 21.9. The number of imidazole rings is 1. The highest BCUT2D eigenvalue weighted by Gasteiger charge is 2.39. The van der Waals surface area contributed by atoms with Crippen molar-refractivity contribution in [1.82, 2.24) is 23.9 Å². The molecule has 2 aliphatic heterocycles. The smallest absolute Gasteiger partial charge is 0.320 e. The van der Waals surface area contributed by atoms with Crippen LogP contribution in [0.1, 0.15) is 49.0 Å². The molecule has 1 atom stereocenters. The van der Waals surface area contributed by atoms with Crippen LogP contribution in [0.25, 0.3) is 16.6 Å². The number of nitro benzene ring substituents is 1. The molecule has 3 N–H and O–H groups in total. The molecule has 344 valence electrons. The SMILES string of the molecule is CC1(C)CCC(CN2CCN(c3c(S(=O)(=O)NC(=O)c4ccccc4)cc(Oc4cccc5[nH]cnc45)c(NCC4CN(S(C)(=O)=O)CCO4)c3[N+](=O)[O-])CC2)=C(c2ccc(Cl)cc2)C1. The van der Waals surface area contributed by atoms with Crippen LogP contribution in [0.5, 0.6) is 11.5 Å². The van der Waals surface area contributed by atoms with E-state index in [9.17, 15) is 31.7 Å². The van der Waals surface area contributed by atoms with Crippen molar-refractivity contribution >= 4 is 71.2 Å². The lowest BCUT2D eigenvalue weighted by molar-refractivity contribution is -0.383. The van der Waals surface area contributed by atoms with E-state index >= 15 is 0 Å². The van der Waals surface area contributed by atoms with Crippen molar-refractivity contribution in [2.45, 2.75) is 44.1 Å². The van der Waals surface area contributed by atoms with E-state index < -0.39 is 47.6 Å². The lowest BCUT2D eigenvalue weighted by Crippen LogP contribution is -2.48. The van der Waals surface area contributed by atoms with Crippen molar-refractivity contribution in [1.29, 1.82) is 0 Å². The van der Waals surface area contributed by atoms with Crippen molar-refractivity contribution in [2.75, 3.05) is 75.4 Å². The van der Waals surface area contributed by atoms with Gasteiger partial charge in [-0.05, 0) is 72.2 Å². The van der Waals surface area contributed by atoms with Crippen molar-refractivity contribution in [3.63, 3.8) is 0 Å². The first-order valence-corrected chi connectivity index (χ1v) is 25.0. The summed E-state index contributed by atoms with van der Waals surface area (Å²) in [6.07, 6.45) is 4.62. The number of rotatable bonds is 14. The number of sulfonamides is 2. The van der Waals surface area contributed by atoms with Crippen LogP contribution in [0.4, 0.5) is 17.1 Å². The van der Waals surface area contributed by atoms with Crippen molar-refractivity contribution in [3.05, 3.63) is 117 Å². The number of anilines is 2. The van der Waals surface area contributed by atoms with E-state index in [0.717, 1.165) is 31.1 Å². The number of aromatic amines is 1. The van der Waals surface area contributed by atoms with Crippen LogP contribution in [0.3, 0.4) is 0 Å². The summed E-state index contributed by atoms with van der Waals surface area (Å²) in [7, 11) is -8.43. The van der Waals surface area contributed by atoms with Crippen LogP contribution in [-0.2, 0) is 24.8 Å². The number of piperazine rings is 1. The largest absolute Gasteiger partial charge is 0.453 e. The minimum Gasteiger partial charge on any atom is -0.453 e. The van der Waals surface area contributed by atoms with Gasteiger partial charge >= 0.3 is 5.69 Å². The van der Waals surface area contributed by atoms with E-state index in [1.807, 2.05) is 24.3 Å². The summed E-state index contributed by atoms with van der Waals surface area (Å²) in [5.74, 6) is -1.02. The molecular formula is C45H51ClN8O9S2. The number of hydrogen-bond acceptors (Lipinski definition) is 13. The zero-order chi connectivity index (χ0) is 46.1. The van der Waals surface area contributed by atoms with Crippen molar-refractivity contribution in [3.8, 4) is 11.5 Å². The number of hydrogen-bond donors (Lipinski definition) is 3. The number of H-pyrrole nitrogens is 1. The maximum atomic E-state index is 14.7. The average molecular weight is 948 g/mol. The van der Waals surface area contributed by atoms with Gasteiger partial charge in [-0.3, -0.25) is 19.8 Å². The Morgan fingerprint density at radius 1 is 1.00 bits per heavy atom. The van der Waals surface area contributed by atoms with Gasteiger partial charge in [0.1, 0.15) is 16.1 Å². The molecule has 1 amide bonds. The molecule has 0 radical (unpaired) electrons. The summed E-state index contributed by atoms with van der Waals surface area (Å²) < 4.78 is 70.1. The molecule has 0 spiro atoms. The Kier molecular flexibility index (Phi) is 13.3.